The third kappa shape index (κ3) is 5.03. The van der Waals surface area contributed by atoms with Crippen LogP contribution < -0.4 is 0 Å². The minimum Gasteiger partial charge on any atom is -0.384 e. The molecule has 2 aromatic heterocycles. The highest BCUT2D eigenvalue weighted by molar-refractivity contribution is 5.94. The number of fused-ring (bicyclic) bond motifs is 1. The van der Waals surface area contributed by atoms with Crippen LogP contribution in [0.25, 0.3) is 5.65 Å². The van der Waals surface area contributed by atoms with E-state index < -0.39 is 0 Å². The standard InChI is InChI=1S/C26H34N4O2/c1-20-8-7-14-30-23(18-29-16-12-22(13-17-29)19-32-3)24(27-25(20)30)26(31)28(2)15-11-21-9-5-4-6-10-21/h4-10,14,22H,11-13,15-19H2,1-3H3. The molecule has 1 fully saturated rings. The normalized spacial score (nSPS) is 15.3. The Morgan fingerprint density at radius 1 is 1.16 bits per heavy atom. The Labute approximate surface area is 190 Å². The number of hydrogen-bond acceptors (Lipinski definition) is 4. The summed E-state index contributed by atoms with van der Waals surface area (Å²) in [5.41, 5.74) is 4.76. The zero-order chi connectivity index (χ0) is 22.5. The molecule has 0 bridgehead atoms. The molecule has 170 valence electrons. The molecule has 1 aromatic carbocycles. The maximum absolute atomic E-state index is 13.5. The van der Waals surface area contributed by atoms with Crippen molar-refractivity contribution in [2.75, 3.05) is 40.4 Å². The van der Waals surface area contributed by atoms with Gasteiger partial charge in [0.05, 0.1) is 5.69 Å². The number of aromatic nitrogens is 2. The Morgan fingerprint density at radius 2 is 1.91 bits per heavy atom. The number of methoxy groups -OCH3 is 1. The predicted octanol–water partition coefficient (Wildman–Crippen LogP) is 3.82. The number of likely N-dealkylation sites (tertiary alicyclic amines) is 1. The summed E-state index contributed by atoms with van der Waals surface area (Å²) in [6, 6.07) is 14.4. The van der Waals surface area contributed by atoms with Gasteiger partial charge in [-0.2, -0.15) is 0 Å². The number of imidazole rings is 1. The lowest BCUT2D eigenvalue weighted by atomic mass is 9.97. The number of carbonyl (C=O) groups is 1. The second kappa shape index (κ2) is 10.3. The van der Waals surface area contributed by atoms with Crippen molar-refractivity contribution in [2.45, 2.75) is 32.7 Å². The van der Waals surface area contributed by atoms with E-state index in [0.717, 1.165) is 62.4 Å². The van der Waals surface area contributed by atoms with Gasteiger partial charge in [0.15, 0.2) is 5.69 Å². The summed E-state index contributed by atoms with van der Waals surface area (Å²) >= 11 is 0. The van der Waals surface area contributed by atoms with Crippen molar-refractivity contribution in [3.05, 3.63) is 71.2 Å². The van der Waals surface area contributed by atoms with Crippen LogP contribution in [0.5, 0.6) is 0 Å². The summed E-state index contributed by atoms with van der Waals surface area (Å²) in [6.07, 6.45) is 5.12. The van der Waals surface area contributed by atoms with Gasteiger partial charge < -0.3 is 14.0 Å². The molecule has 0 N–H and O–H groups in total. The molecule has 32 heavy (non-hydrogen) atoms. The Kier molecular flexibility index (Phi) is 7.22. The van der Waals surface area contributed by atoms with Crippen LogP contribution in [0.15, 0.2) is 48.7 Å². The fourth-order valence-corrected chi connectivity index (χ4v) is 4.56. The first-order chi connectivity index (χ1) is 15.6. The number of nitrogens with zero attached hydrogens (tertiary/aromatic N) is 4. The Morgan fingerprint density at radius 3 is 2.62 bits per heavy atom. The largest absolute Gasteiger partial charge is 0.384 e. The zero-order valence-corrected chi connectivity index (χ0v) is 19.5. The third-order valence-corrected chi connectivity index (χ3v) is 6.55. The number of carbonyl (C=O) groups excluding carboxylic acids is 1. The Balaban J connectivity index is 1.54. The minimum absolute atomic E-state index is 0.00620. The van der Waals surface area contributed by atoms with Crippen molar-refractivity contribution >= 4 is 11.6 Å². The molecule has 0 atom stereocenters. The topological polar surface area (TPSA) is 50.1 Å². The van der Waals surface area contributed by atoms with Gasteiger partial charge in [0.1, 0.15) is 5.65 Å². The first-order valence-corrected chi connectivity index (χ1v) is 11.5. The van der Waals surface area contributed by atoms with Gasteiger partial charge in [-0.05, 0) is 62.4 Å². The summed E-state index contributed by atoms with van der Waals surface area (Å²) in [5.74, 6) is 0.624. The zero-order valence-electron chi connectivity index (χ0n) is 19.5. The second-order valence-corrected chi connectivity index (χ2v) is 8.93. The molecule has 0 spiro atoms. The monoisotopic (exact) mass is 434 g/mol. The molecule has 3 aromatic rings. The van der Waals surface area contributed by atoms with Crippen LogP contribution in [-0.2, 0) is 17.7 Å². The Hall–Kier alpha value is -2.70. The van der Waals surface area contributed by atoms with Crippen molar-refractivity contribution in [3.8, 4) is 0 Å². The maximum atomic E-state index is 13.5. The average molecular weight is 435 g/mol. The lowest BCUT2D eigenvalue weighted by molar-refractivity contribution is 0.0785. The molecule has 4 rings (SSSR count). The van der Waals surface area contributed by atoms with Gasteiger partial charge in [-0.3, -0.25) is 9.69 Å². The number of likely N-dealkylation sites (N-methyl/N-ethyl adjacent to an activating group) is 1. The SMILES string of the molecule is COCC1CCN(Cc2c(C(=O)N(C)CCc3ccccc3)nc3c(C)cccn23)CC1. The summed E-state index contributed by atoms with van der Waals surface area (Å²) in [5, 5.41) is 0. The number of pyridine rings is 1. The van der Waals surface area contributed by atoms with E-state index in [0.29, 0.717) is 18.2 Å². The van der Waals surface area contributed by atoms with Crippen molar-refractivity contribution < 1.29 is 9.53 Å². The molecule has 1 aliphatic rings. The van der Waals surface area contributed by atoms with E-state index in [1.54, 1.807) is 12.0 Å². The Bertz CT molecular complexity index is 1040. The molecule has 1 amide bonds. The number of hydrogen-bond donors (Lipinski definition) is 0. The van der Waals surface area contributed by atoms with Gasteiger partial charge in [0.25, 0.3) is 5.91 Å². The van der Waals surface area contributed by atoms with Crippen LogP contribution in [0.2, 0.25) is 0 Å². The van der Waals surface area contributed by atoms with Gasteiger partial charge in [0, 0.05) is 40.1 Å². The lowest BCUT2D eigenvalue weighted by Gasteiger charge is -2.31. The average Bonchev–Trinajstić information content (AvgIpc) is 3.18. The third-order valence-electron chi connectivity index (χ3n) is 6.55. The van der Waals surface area contributed by atoms with E-state index in [1.165, 1.54) is 5.56 Å². The highest BCUT2D eigenvalue weighted by atomic mass is 16.5. The van der Waals surface area contributed by atoms with E-state index in [9.17, 15) is 4.79 Å². The smallest absolute Gasteiger partial charge is 0.274 e. The van der Waals surface area contributed by atoms with Gasteiger partial charge in [0.2, 0.25) is 0 Å². The summed E-state index contributed by atoms with van der Waals surface area (Å²) in [7, 11) is 3.65. The van der Waals surface area contributed by atoms with E-state index in [2.05, 4.69) is 34.4 Å². The van der Waals surface area contributed by atoms with Crippen molar-refractivity contribution in [1.29, 1.82) is 0 Å². The highest BCUT2D eigenvalue weighted by Crippen LogP contribution is 2.23. The summed E-state index contributed by atoms with van der Waals surface area (Å²) in [4.78, 5) is 22.5. The molecule has 3 heterocycles. The van der Waals surface area contributed by atoms with Crippen LogP contribution in [0.1, 0.15) is 40.2 Å². The maximum Gasteiger partial charge on any atom is 0.274 e. The second-order valence-electron chi connectivity index (χ2n) is 8.93. The first-order valence-electron chi connectivity index (χ1n) is 11.5. The van der Waals surface area contributed by atoms with Crippen LogP contribution >= 0.6 is 0 Å². The number of ether oxygens (including phenoxy) is 1. The molecular formula is C26H34N4O2. The van der Waals surface area contributed by atoms with Crippen molar-refractivity contribution in [3.63, 3.8) is 0 Å². The molecule has 0 aliphatic carbocycles. The number of rotatable bonds is 8. The fourth-order valence-electron chi connectivity index (χ4n) is 4.56. The van der Waals surface area contributed by atoms with E-state index in [-0.39, 0.29) is 5.91 Å². The lowest BCUT2D eigenvalue weighted by Crippen LogP contribution is -2.36. The van der Waals surface area contributed by atoms with E-state index >= 15 is 0 Å². The molecule has 1 aliphatic heterocycles. The molecular weight excluding hydrogens is 400 g/mol. The van der Waals surface area contributed by atoms with E-state index in [1.807, 2.05) is 37.5 Å². The van der Waals surface area contributed by atoms with Gasteiger partial charge in [-0.25, -0.2) is 4.98 Å². The molecule has 0 unspecified atom stereocenters. The van der Waals surface area contributed by atoms with Crippen LogP contribution in [0.4, 0.5) is 0 Å². The summed E-state index contributed by atoms with van der Waals surface area (Å²) < 4.78 is 7.45. The van der Waals surface area contributed by atoms with E-state index in [4.69, 9.17) is 9.72 Å². The van der Waals surface area contributed by atoms with Crippen LogP contribution in [-0.4, -0.2) is 65.5 Å². The van der Waals surface area contributed by atoms with Gasteiger partial charge in [-0.1, -0.05) is 36.4 Å². The minimum atomic E-state index is -0.00620. The number of amides is 1. The number of aryl methyl sites for hydroxylation is 1. The van der Waals surface area contributed by atoms with Crippen molar-refractivity contribution in [2.24, 2.45) is 5.92 Å². The molecule has 0 saturated carbocycles. The molecule has 1 saturated heterocycles. The predicted molar refractivity (Wildman–Crippen MR) is 127 cm³/mol. The number of benzene rings is 1. The van der Waals surface area contributed by atoms with Gasteiger partial charge >= 0.3 is 0 Å². The van der Waals surface area contributed by atoms with Crippen LogP contribution in [0, 0.1) is 12.8 Å². The fraction of sp³-hybridized carbons (Fsp3) is 0.462. The number of piperidine rings is 1. The summed E-state index contributed by atoms with van der Waals surface area (Å²) in [6.45, 7) is 6.32. The first kappa shape index (κ1) is 22.5. The van der Waals surface area contributed by atoms with Crippen molar-refractivity contribution in [1.82, 2.24) is 19.2 Å². The quantitative estimate of drug-likeness (QED) is 0.541. The molecule has 6 heteroatoms. The van der Waals surface area contributed by atoms with Crippen LogP contribution in [0.3, 0.4) is 0 Å². The molecule has 6 nitrogen and oxygen atoms in total. The van der Waals surface area contributed by atoms with Gasteiger partial charge in [-0.15, -0.1) is 0 Å². The highest BCUT2D eigenvalue weighted by Gasteiger charge is 2.26. The molecule has 0 radical (unpaired) electrons.